The third kappa shape index (κ3) is 7.19. The van der Waals surface area contributed by atoms with Gasteiger partial charge in [0.1, 0.15) is 5.82 Å². The van der Waals surface area contributed by atoms with Gasteiger partial charge in [0.15, 0.2) is 18.1 Å². The van der Waals surface area contributed by atoms with Gasteiger partial charge in [-0.3, -0.25) is 4.79 Å². The molecule has 0 spiro atoms. The second-order valence-electron chi connectivity index (χ2n) is 5.71. The number of benzene rings is 2. The van der Waals surface area contributed by atoms with Gasteiger partial charge >= 0.3 is 5.97 Å². The average molecular weight is 467 g/mol. The Bertz CT molecular complexity index is 887. The zero-order chi connectivity index (χ0) is 21.2. The lowest BCUT2D eigenvalue weighted by Crippen LogP contribution is -2.19. The summed E-state index contributed by atoms with van der Waals surface area (Å²) in [5.41, 5.74) is 3.72. The van der Waals surface area contributed by atoms with Crippen molar-refractivity contribution in [2.45, 2.75) is 13.3 Å². The van der Waals surface area contributed by atoms with Crippen molar-refractivity contribution in [3.8, 4) is 11.5 Å². The molecule has 0 aliphatic heterocycles. The van der Waals surface area contributed by atoms with Gasteiger partial charge in [0.25, 0.3) is 0 Å². The largest absolute Gasteiger partial charge is 0.490 e. The van der Waals surface area contributed by atoms with Crippen LogP contribution in [0.25, 0.3) is 0 Å². The van der Waals surface area contributed by atoms with Gasteiger partial charge in [-0.15, -0.1) is 0 Å². The Morgan fingerprint density at radius 3 is 2.52 bits per heavy atom. The molecule has 0 atom stereocenters. The lowest BCUT2D eigenvalue weighted by Gasteiger charge is -2.13. The maximum atomic E-state index is 12.9. The van der Waals surface area contributed by atoms with Gasteiger partial charge in [-0.25, -0.2) is 14.6 Å². The lowest BCUT2D eigenvalue weighted by molar-refractivity contribution is -0.142. The molecule has 0 radical (unpaired) electrons. The minimum Gasteiger partial charge on any atom is -0.490 e. The highest BCUT2D eigenvalue weighted by molar-refractivity contribution is 9.10. The second kappa shape index (κ2) is 11.2. The summed E-state index contributed by atoms with van der Waals surface area (Å²) in [7, 11) is 1.27. The first-order chi connectivity index (χ1) is 13.9. The number of hydrogen-bond donors (Lipinski definition) is 1. The number of amides is 1. The predicted molar refractivity (Wildman–Crippen MR) is 109 cm³/mol. The van der Waals surface area contributed by atoms with E-state index in [1.807, 2.05) is 6.92 Å². The molecule has 0 fully saturated rings. The fourth-order valence-corrected chi connectivity index (χ4v) is 2.65. The smallest absolute Gasteiger partial charge is 0.343 e. The molecule has 1 amide bonds. The number of methoxy groups -OCH3 is 1. The standard InChI is InChI=1S/C20H20BrFN2O5/c1-3-28-17-9-14(16(21)10-18(17)29-12-20(26)27-2)11-23-24-19(25)8-13-4-6-15(22)7-5-13/h4-7,9-11H,3,8,12H2,1-2H3,(H,24,25)/b23-11+. The van der Waals surface area contributed by atoms with E-state index in [-0.39, 0.29) is 24.8 Å². The molecular formula is C20H20BrFN2O5. The van der Waals surface area contributed by atoms with Crippen molar-refractivity contribution in [2.75, 3.05) is 20.3 Å². The van der Waals surface area contributed by atoms with Crippen molar-refractivity contribution in [3.63, 3.8) is 0 Å². The van der Waals surface area contributed by atoms with E-state index < -0.39 is 5.97 Å². The SMILES string of the molecule is CCOc1cc(/C=N/NC(=O)Cc2ccc(F)cc2)c(Br)cc1OCC(=O)OC. The molecule has 154 valence electrons. The van der Waals surface area contributed by atoms with Gasteiger partial charge in [0.05, 0.1) is 26.4 Å². The third-order valence-electron chi connectivity index (χ3n) is 3.61. The average Bonchev–Trinajstić information content (AvgIpc) is 2.70. The quantitative estimate of drug-likeness (QED) is 0.348. The molecule has 2 rings (SSSR count). The maximum absolute atomic E-state index is 12.9. The number of hydrogen-bond acceptors (Lipinski definition) is 6. The molecule has 0 aromatic heterocycles. The monoisotopic (exact) mass is 466 g/mol. The zero-order valence-corrected chi connectivity index (χ0v) is 17.5. The van der Waals surface area contributed by atoms with Gasteiger partial charge in [-0.1, -0.05) is 12.1 Å². The van der Waals surface area contributed by atoms with E-state index in [0.717, 1.165) is 0 Å². The summed E-state index contributed by atoms with van der Waals surface area (Å²) in [6.45, 7) is 1.95. The van der Waals surface area contributed by atoms with Crippen LogP contribution in [-0.4, -0.2) is 38.4 Å². The highest BCUT2D eigenvalue weighted by Gasteiger charge is 2.12. The van der Waals surface area contributed by atoms with E-state index in [1.54, 1.807) is 12.1 Å². The van der Waals surface area contributed by atoms with Crippen LogP contribution in [0.3, 0.4) is 0 Å². The Kier molecular flexibility index (Phi) is 8.60. The van der Waals surface area contributed by atoms with E-state index in [2.05, 4.69) is 31.2 Å². The molecule has 0 saturated heterocycles. The van der Waals surface area contributed by atoms with E-state index in [4.69, 9.17) is 9.47 Å². The van der Waals surface area contributed by atoms with Gasteiger partial charge < -0.3 is 14.2 Å². The Morgan fingerprint density at radius 1 is 1.17 bits per heavy atom. The molecule has 29 heavy (non-hydrogen) atoms. The van der Waals surface area contributed by atoms with Crippen LogP contribution in [0.2, 0.25) is 0 Å². The number of nitrogens with one attached hydrogen (secondary N) is 1. The Morgan fingerprint density at radius 2 is 1.86 bits per heavy atom. The highest BCUT2D eigenvalue weighted by atomic mass is 79.9. The first-order valence-corrected chi connectivity index (χ1v) is 9.44. The van der Waals surface area contributed by atoms with Gasteiger partial charge in [0, 0.05) is 10.0 Å². The van der Waals surface area contributed by atoms with E-state index >= 15 is 0 Å². The number of halogens is 2. The third-order valence-corrected chi connectivity index (χ3v) is 4.29. The molecule has 7 nitrogen and oxygen atoms in total. The van der Waals surface area contributed by atoms with E-state index in [1.165, 1.54) is 37.6 Å². The van der Waals surface area contributed by atoms with Crippen LogP contribution in [0.15, 0.2) is 46.0 Å². The van der Waals surface area contributed by atoms with Crippen molar-refractivity contribution in [3.05, 3.63) is 57.8 Å². The summed E-state index contributed by atoms with van der Waals surface area (Å²) in [6.07, 6.45) is 1.52. The van der Waals surface area contributed by atoms with Crippen LogP contribution in [-0.2, 0) is 20.7 Å². The van der Waals surface area contributed by atoms with Gasteiger partial charge in [-0.05, 0) is 52.7 Å². The zero-order valence-electron chi connectivity index (χ0n) is 15.9. The molecule has 2 aromatic carbocycles. The number of hydrazone groups is 1. The van der Waals surface area contributed by atoms with Crippen LogP contribution in [0, 0.1) is 5.82 Å². The van der Waals surface area contributed by atoms with Crippen LogP contribution in [0.4, 0.5) is 4.39 Å². The Hall–Kier alpha value is -2.94. The Labute approximate surface area is 176 Å². The van der Waals surface area contributed by atoms with Crippen LogP contribution < -0.4 is 14.9 Å². The molecular weight excluding hydrogens is 447 g/mol. The summed E-state index contributed by atoms with van der Waals surface area (Å²) in [4.78, 5) is 23.2. The van der Waals surface area contributed by atoms with Crippen molar-refractivity contribution in [1.82, 2.24) is 5.43 Å². The van der Waals surface area contributed by atoms with Crippen molar-refractivity contribution in [1.29, 1.82) is 0 Å². The fraction of sp³-hybridized carbons (Fsp3) is 0.250. The Balaban J connectivity index is 2.04. The fourth-order valence-electron chi connectivity index (χ4n) is 2.23. The molecule has 1 N–H and O–H groups in total. The van der Waals surface area contributed by atoms with Crippen molar-refractivity contribution < 1.29 is 28.2 Å². The minimum atomic E-state index is -0.516. The molecule has 0 unspecified atom stereocenters. The number of ether oxygens (including phenoxy) is 3. The number of esters is 1. The molecule has 9 heteroatoms. The second-order valence-corrected chi connectivity index (χ2v) is 6.57. The normalized spacial score (nSPS) is 10.6. The maximum Gasteiger partial charge on any atom is 0.343 e. The van der Waals surface area contributed by atoms with Crippen LogP contribution in [0.5, 0.6) is 11.5 Å². The highest BCUT2D eigenvalue weighted by Crippen LogP contribution is 2.33. The topological polar surface area (TPSA) is 86.2 Å². The molecule has 0 bridgehead atoms. The van der Waals surface area contributed by atoms with Crippen LogP contribution >= 0.6 is 15.9 Å². The van der Waals surface area contributed by atoms with Gasteiger partial charge in [0.2, 0.25) is 5.91 Å². The van der Waals surface area contributed by atoms with Crippen molar-refractivity contribution >= 4 is 34.0 Å². The number of carbonyl (C=O) groups is 2. The summed E-state index contributed by atoms with van der Waals surface area (Å²) in [6, 6.07) is 8.96. The molecule has 2 aromatic rings. The van der Waals surface area contributed by atoms with Crippen molar-refractivity contribution in [2.24, 2.45) is 5.10 Å². The van der Waals surface area contributed by atoms with Gasteiger partial charge in [-0.2, -0.15) is 5.10 Å². The molecule has 0 saturated carbocycles. The first kappa shape index (κ1) is 22.4. The van der Waals surface area contributed by atoms with E-state index in [0.29, 0.717) is 33.7 Å². The lowest BCUT2D eigenvalue weighted by atomic mass is 10.1. The summed E-state index contributed by atoms with van der Waals surface area (Å²) < 4.78 is 29.0. The summed E-state index contributed by atoms with van der Waals surface area (Å²) >= 11 is 3.39. The molecule has 0 aliphatic carbocycles. The predicted octanol–water partition coefficient (Wildman–Crippen LogP) is 3.23. The summed E-state index contributed by atoms with van der Waals surface area (Å²) in [5, 5.41) is 3.94. The number of nitrogens with zero attached hydrogens (tertiary/aromatic N) is 1. The molecule has 0 aliphatic rings. The minimum absolute atomic E-state index is 0.0727. The number of carbonyl (C=O) groups excluding carboxylic acids is 2. The number of rotatable bonds is 9. The van der Waals surface area contributed by atoms with E-state index in [9.17, 15) is 14.0 Å². The summed E-state index contributed by atoms with van der Waals surface area (Å²) in [5.74, 6) is -0.438. The molecule has 0 heterocycles. The first-order valence-electron chi connectivity index (χ1n) is 8.65. The van der Waals surface area contributed by atoms with Crippen LogP contribution in [0.1, 0.15) is 18.1 Å².